The fraction of sp³-hybridized carbons (Fsp3) is 0.600. The second-order valence-corrected chi connectivity index (χ2v) is 3.54. The Morgan fingerprint density at radius 3 is 3.33 bits per heavy atom. The van der Waals surface area contributed by atoms with E-state index in [1.54, 1.807) is 0 Å². The van der Waals surface area contributed by atoms with E-state index in [1.165, 1.54) is 30.3 Å². The van der Waals surface area contributed by atoms with E-state index in [0.717, 1.165) is 6.54 Å². The van der Waals surface area contributed by atoms with Crippen molar-refractivity contribution in [2.24, 2.45) is 0 Å². The van der Waals surface area contributed by atoms with E-state index < -0.39 is 0 Å². The highest BCUT2D eigenvalue weighted by atomic mass is 15.1. The molecule has 0 amide bonds. The number of dihydropyridines is 1. The van der Waals surface area contributed by atoms with Crippen LogP contribution < -0.4 is 5.31 Å². The van der Waals surface area contributed by atoms with Crippen LogP contribution in [-0.4, -0.2) is 31.1 Å². The van der Waals surface area contributed by atoms with E-state index in [4.69, 9.17) is 1.41 Å². The Labute approximate surface area is 75.4 Å². The molecule has 1 fully saturated rings. The first-order valence-electron chi connectivity index (χ1n) is 5.06. The summed E-state index contributed by atoms with van der Waals surface area (Å²) >= 11 is 0. The third-order valence-corrected chi connectivity index (χ3v) is 2.67. The maximum absolute atomic E-state index is 7.52. The Hall–Kier alpha value is -0.760. The minimum Gasteiger partial charge on any atom is -0.387 e. The van der Waals surface area contributed by atoms with Crippen LogP contribution in [0.4, 0.5) is 0 Å². The first kappa shape index (κ1) is 6.72. The fourth-order valence-corrected chi connectivity index (χ4v) is 1.98. The van der Waals surface area contributed by atoms with Crippen molar-refractivity contribution in [2.45, 2.75) is 18.9 Å². The normalized spacial score (nSPS) is 32.1. The van der Waals surface area contributed by atoms with Crippen LogP contribution in [-0.2, 0) is 0 Å². The molecule has 0 saturated carbocycles. The molecule has 0 aliphatic carbocycles. The summed E-state index contributed by atoms with van der Waals surface area (Å²) in [6, 6.07) is 0.546. The van der Waals surface area contributed by atoms with Crippen molar-refractivity contribution in [3.63, 3.8) is 0 Å². The van der Waals surface area contributed by atoms with E-state index in [-0.39, 0.29) is 0 Å². The van der Waals surface area contributed by atoms with Crippen LogP contribution in [0.2, 0.25) is 1.41 Å². The molecule has 0 bridgehead atoms. The van der Waals surface area contributed by atoms with Crippen LogP contribution in [0.3, 0.4) is 0 Å². The molecule has 0 radical (unpaired) electrons. The quantitative estimate of drug-likeness (QED) is 0.626. The number of likely N-dealkylation sites (tertiary alicyclic amines) is 1. The van der Waals surface area contributed by atoms with Crippen molar-refractivity contribution in [3.8, 4) is 0 Å². The zero-order valence-corrected chi connectivity index (χ0v) is 7.53. The van der Waals surface area contributed by atoms with Crippen LogP contribution in [0.5, 0.6) is 0 Å². The molecule has 1 N–H and O–H groups in total. The monoisotopic (exact) mass is 165 g/mol. The lowest BCUT2D eigenvalue weighted by atomic mass is 10.0. The van der Waals surface area contributed by atoms with Gasteiger partial charge in [0.1, 0.15) is 0 Å². The molecule has 2 aliphatic heterocycles. The highest BCUT2D eigenvalue weighted by molar-refractivity contribution is 5.28. The van der Waals surface area contributed by atoms with Gasteiger partial charge in [-0.05, 0) is 32.0 Å². The molecule has 2 nitrogen and oxygen atoms in total. The summed E-state index contributed by atoms with van der Waals surface area (Å²) in [6.45, 7) is 1.91. The summed E-state index contributed by atoms with van der Waals surface area (Å²) < 4.78 is 7.52. The Morgan fingerprint density at radius 1 is 1.75 bits per heavy atom. The second-order valence-electron chi connectivity index (χ2n) is 3.54. The fourth-order valence-electron chi connectivity index (χ4n) is 1.98. The number of nitrogens with one attached hydrogen (secondary N) is 1. The Balaban J connectivity index is 2.11. The van der Waals surface area contributed by atoms with Gasteiger partial charge in [-0.1, -0.05) is 12.2 Å². The lowest BCUT2D eigenvalue weighted by molar-refractivity contribution is 0.347. The molecule has 2 heteroatoms. The van der Waals surface area contributed by atoms with Crippen molar-refractivity contribution >= 4 is 0 Å². The zero-order valence-electron chi connectivity index (χ0n) is 8.53. The molecule has 0 aromatic rings. The second kappa shape index (κ2) is 3.31. The number of hydrogen-bond donors (Lipinski definition) is 1. The number of nitrogens with zero attached hydrogens (tertiary/aromatic N) is 1. The molecule has 0 aromatic carbocycles. The van der Waals surface area contributed by atoms with Gasteiger partial charge in [0.05, 0.1) is 0 Å². The van der Waals surface area contributed by atoms with Gasteiger partial charge in [0.25, 0.3) is 0 Å². The molecule has 2 aliphatic rings. The predicted molar refractivity (Wildman–Crippen MR) is 50.9 cm³/mol. The topological polar surface area (TPSA) is 15.3 Å². The van der Waals surface area contributed by atoms with Crippen molar-refractivity contribution in [2.75, 3.05) is 20.1 Å². The summed E-state index contributed by atoms with van der Waals surface area (Å²) in [6.07, 6.45) is 8.70. The minimum atomic E-state index is 0.546. The van der Waals surface area contributed by atoms with Gasteiger partial charge in [-0.3, -0.25) is 4.90 Å². The molecule has 66 valence electrons. The van der Waals surface area contributed by atoms with E-state index in [0.29, 0.717) is 6.04 Å². The molecule has 0 aromatic heterocycles. The van der Waals surface area contributed by atoms with Crippen molar-refractivity contribution in [1.29, 1.82) is 0 Å². The van der Waals surface area contributed by atoms with Crippen molar-refractivity contribution in [1.82, 2.24) is 10.2 Å². The lowest BCUT2D eigenvalue weighted by Gasteiger charge is -2.22. The SMILES string of the molecule is [2H]N1C=C([C@@H]2CCCN2C)C=CC1. The average Bonchev–Trinajstić information content (AvgIpc) is 2.51. The highest BCUT2D eigenvalue weighted by Gasteiger charge is 2.23. The standard InChI is InChI=1S/C10H16N2/c1-12-7-3-5-10(12)9-4-2-6-11-8-9/h2,4,8,10-11H,3,5-7H2,1H3/t10-/m0/s1/i/hD. The smallest absolute Gasteiger partial charge is 0.160 e. The summed E-state index contributed by atoms with van der Waals surface area (Å²) in [5, 5.41) is 1.50. The average molecular weight is 165 g/mol. The molecular formula is C10H16N2. The van der Waals surface area contributed by atoms with Gasteiger partial charge < -0.3 is 5.31 Å². The van der Waals surface area contributed by atoms with E-state index >= 15 is 0 Å². The van der Waals surface area contributed by atoms with Crippen LogP contribution in [0, 0.1) is 0 Å². The molecule has 1 atom stereocenters. The van der Waals surface area contributed by atoms with Gasteiger partial charge in [-0.25, -0.2) is 0 Å². The molecule has 2 rings (SSSR count). The van der Waals surface area contributed by atoms with Crippen LogP contribution in [0.1, 0.15) is 12.8 Å². The van der Waals surface area contributed by atoms with Gasteiger partial charge in [0.15, 0.2) is 1.41 Å². The molecule has 12 heavy (non-hydrogen) atoms. The molecule has 1 saturated heterocycles. The Morgan fingerprint density at radius 2 is 2.67 bits per heavy atom. The zero-order chi connectivity index (χ0) is 9.26. The summed E-state index contributed by atoms with van der Waals surface area (Å²) in [5.41, 5.74) is 1.29. The molecule has 0 spiro atoms. The first-order valence-corrected chi connectivity index (χ1v) is 4.61. The molecule has 0 unspecified atom stereocenters. The van der Waals surface area contributed by atoms with Crippen molar-refractivity contribution in [3.05, 3.63) is 23.9 Å². The van der Waals surface area contributed by atoms with E-state index in [2.05, 4.69) is 24.1 Å². The van der Waals surface area contributed by atoms with Crippen molar-refractivity contribution < 1.29 is 1.41 Å². The molecule has 2 heterocycles. The summed E-state index contributed by atoms with van der Waals surface area (Å²) in [7, 11) is 2.16. The van der Waals surface area contributed by atoms with Gasteiger partial charge in [-0.15, -0.1) is 0 Å². The van der Waals surface area contributed by atoms with Crippen LogP contribution >= 0.6 is 0 Å². The van der Waals surface area contributed by atoms with Gasteiger partial charge in [-0.2, -0.15) is 0 Å². The van der Waals surface area contributed by atoms with Gasteiger partial charge >= 0.3 is 0 Å². The van der Waals surface area contributed by atoms with Crippen LogP contribution in [0.25, 0.3) is 0 Å². The number of likely N-dealkylation sites (N-methyl/N-ethyl adjacent to an activating group) is 1. The van der Waals surface area contributed by atoms with E-state index in [9.17, 15) is 0 Å². The van der Waals surface area contributed by atoms with E-state index in [1.807, 2.05) is 6.20 Å². The first-order chi connectivity index (χ1) is 6.27. The Bertz CT molecular complexity index is 247. The summed E-state index contributed by atoms with van der Waals surface area (Å²) in [5.74, 6) is 0. The number of hydrogen-bond acceptors (Lipinski definition) is 2. The Kier molecular flexibility index (Phi) is 1.86. The largest absolute Gasteiger partial charge is 0.387 e. The van der Waals surface area contributed by atoms with Crippen LogP contribution in [0.15, 0.2) is 23.9 Å². The minimum absolute atomic E-state index is 0.546. The molecular weight excluding hydrogens is 148 g/mol. The maximum Gasteiger partial charge on any atom is 0.160 e. The third kappa shape index (κ3) is 1.39. The summed E-state index contributed by atoms with van der Waals surface area (Å²) in [4.78, 5) is 2.37. The lowest BCUT2D eigenvalue weighted by Crippen LogP contribution is -2.28. The predicted octanol–water partition coefficient (Wildman–Crippen LogP) is 1.12. The van der Waals surface area contributed by atoms with Gasteiger partial charge in [0, 0.05) is 18.8 Å². The van der Waals surface area contributed by atoms with Gasteiger partial charge in [0.2, 0.25) is 0 Å². The number of rotatable bonds is 1. The highest BCUT2D eigenvalue weighted by Crippen LogP contribution is 2.22. The maximum atomic E-state index is 7.52. The third-order valence-electron chi connectivity index (χ3n) is 2.67.